The van der Waals surface area contributed by atoms with Gasteiger partial charge in [-0.2, -0.15) is 26.3 Å². The summed E-state index contributed by atoms with van der Waals surface area (Å²) < 4.78 is 83.9. The second-order valence-corrected chi connectivity index (χ2v) is 8.89. The molecule has 0 amide bonds. The largest absolute Gasteiger partial charge is 0.493 e. The lowest BCUT2D eigenvalue weighted by Crippen LogP contribution is -2.32. The highest BCUT2D eigenvalue weighted by molar-refractivity contribution is 7.22. The zero-order valence-electron chi connectivity index (χ0n) is 19.6. The Hall–Kier alpha value is -4.79. The van der Waals surface area contributed by atoms with Gasteiger partial charge in [0.2, 0.25) is 11.0 Å². The minimum Gasteiger partial charge on any atom is -0.437 e. The Labute approximate surface area is 224 Å². The van der Waals surface area contributed by atoms with Crippen molar-refractivity contribution >= 4 is 38.5 Å². The third kappa shape index (κ3) is 5.78. The molecule has 0 spiro atoms. The first kappa shape index (κ1) is 26.8. The van der Waals surface area contributed by atoms with Crippen molar-refractivity contribution in [3.63, 3.8) is 0 Å². The van der Waals surface area contributed by atoms with E-state index in [2.05, 4.69) is 24.8 Å². The van der Waals surface area contributed by atoms with Crippen LogP contribution < -0.4 is 9.80 Å². The van der Waals surface area contributed by atoms with Gasteiger partial charge in [0.15, 0.2) is 11.6 Å². The number of pyridine rings is 1. The highest BCUT2D eigenvalue weighted by atomic mass is 32.1. The number of hydrogen-bond acceptors (Lipinski definition) is 9. The lowest BCUT2D eigenvalue weighted by atomic mass is 10.1. The third-order valence-electron chi connectivity index (χ3n) is 5.17. The summed E-state index contributed by atoms with van der Waals surface area (Å²) in [6.07, 6.45) is -7.29. The number of ether oxygens (including phenoxy) is 1. The lowest BCUT2D eigenvalue weighted by molar-refractivity contribution is -0.199. The molecule has 0 aliphatic heterocycles. The number of para-hydroxylation sites is 1. The molecule has 3 aromatic heterocycles. The van der Waals surface area contributed by atoms with E-state index in [0.29, 0.717) is 15.3 Å². The van der Waals surface area contributed by atoms with Crippen LogP contribution >= 0.6 is 11.3 Å². The number of thiazole rings is 1. The highest BCUT2D eigenvalue weighted by Gasteiger charge is 2.43. The van der Waals surface area contributed by atoms with Gasteiger partial charge >= 0.3 is 18.3 Å². The summed E-state index contributed by atoms with van der Waals surface area (Å²) in [7, 11) is 0. The van der Waals surface area contributed by atoms with E-state index in [1.54, 1.807) is 12.1 Å². The Balaban J connectivity index is 1.46. The van der Waals surface area contributed by atoms with Crippen LogP contribution in [0.1, 0.15) is 5.56 Å². The zero-order valence-corrected chi connectivity index (χ0v) is 20.5. The topological polar surface area (TPSA) is 90.3 Å². The molecule has 0 radical (unpaired) electrons. The van der Waals surface area contributed by atoms with E-state index in [1.165, 1.54) is 48.7 Å². The fraction of sp³-hybridized carbons (Fsp3) is 0.0800. The van der Waals surface area contributed by atoms with E-state index in [9.17, 15) is 31.1 Å². The van der Waals surface area contributed by atoms with Gasteiger partial charge < -0.3 is 9.57 Å². The lowest BCUT2D eigenvalue weighted by Gasteiger charge is -2.19. The van der Waals surface area contributed by atoms with Crippen molar-refractivity contribution < 1.29 is 40.7 Å². The maximum absolute atomic E-state index is 13.0. The molecular formula is C25H13F6N5O3S. The van der Waals surface area contributed by atoms with Crippen LogP contribution in [0, 0.1) is 0 Å². The van der Waals surface area contributed by atoms with E-state index in [0.717, 1.165) is 29.8 Å². The molecule has 0 saturated carbocycles. The van der Waals surface area contributed by atoms with Crippen LogP contribution in [0.2, 0.25) is 0 Å². The Morgan fingerprint density at radius 1 is 0.875 bits per heavy atom. The second kappa shape index (κ2) is 10.4. The Morgan fingerprint density at radius 3 is 2.33 bits per heavy atom. The standard InChI is InChI=1S/C25H13F6N5O3S/c26-24(27,28)15-9-7-14(8-10-15)16-12-20(34-13-33-16)38-17-4-3-5-18-21(17)35-23(40-18)36(19-6-1-2-11-32-19)39-22(37)25(29,30)31/h1-13H. The molecule has 8 nitrogen and oxygen atoms in total. The average molecular weight is 577 g/mol. The fourth-order valence-corrected chi connectivity index (χ4v) is 4.31. The molecule has 0 fully saturated rings. The first-order chi connectivity index (χ1) is 19.0. The Morgan fingerprint density at radius 2 is 1.65 bits per heavy atom. The molecule has 2 aromatic carbocycles. The van der Waals surface area contributed by atoms with Gasteiger partial charge in [-0.05, 0) is 36.4 Å². The zero-order chi connectivity index (χ0) is 28.5. The van der Waals surface area contributed by atoms with Crippen LogP contribution in [-0.4, -0.2) is 32.1 Å². The number of rotatable bonds is 6. The average Bonchev–Trinajstić information content (AvgIpc) is 3.36. The van der Waals surface area contributed by atoms with Gasteiger partial charge in [0.05, 0.1) is 16.0 Å². The summed E-state index contributed by atoms with van der Waals surface area (Å²) in [5.41, 5.74) is 0.0618. The van der Waals surface area contributed by atoms with Gasteiger partial charge in [0.1, 0.15) is 11.8 Å². The van der Waals surface area contributed by atoms with E-state index >= 15 is 0 Å². The maximum Gasteiger partial charge on any atom is 0.493 e. The van der Waals surface area contributed by atoms with Crippen LogP contribution in [-0.2, 0) is 15.8 Å². The molecule has 40 heavy (non-hydrogen) atoms. The summed E-state index contributed by atoms with van der Waals surface area (Å²) >= 11 is 0.906. The molecule has 3 heterocycles. The molecular weight excluding hydrogens is 564 g/mol. The van der Waals surface area contributed by atoms with Crippen LogP contribution in [0.15, 0.2) is 79.3 Å². The summed E-state index contributed by atoms with van der Waals surface area (Å²) in [4.78, 5) is 32.6. The van der Waals surface area contributed by atoms with Crippen molar-refractivity contribution in [1.82, 2.24) is 19.9 Å². The molecule has 5 rings (SSSR count). The van der Waals surface area contributed by atoms with Crippen molar-refractivity contribution in [1.29, 1.82) is 0 Å². The molecule has 15 heteroatoms. The molecule has 0 bridgehead atoms. The van der Waals surface area contributed by atoms with Gasteiger partial charge in [-0.15, -0.1) is 5.06 Å². The van der Waals surface area contributed by atoms with Gasteiger partial charge in [-0.25, -0.2) is 24.7 Å². The summed E-state index contributed by atoms with van der Waals surface area (Å²) in [5, 5.41) is 0.424. The first-order valence-corrected chi connectivity index (χ1v) is 11.9. The van der Waals surface area contributed by atoms with Gasteiger partial charge in [-0.3, -0.25) is 0 Å². The first-order valence-electron chi connectivity index (χ1n) is 11.1. The van der Waals surface area contributed by atoms with Crippen LogP contribution in [0.3, 0.4) is 0 Å². The summed E-state index contributed by atoms with van der Waals surface area (Å²) in [5.74, 6) is -2.42. The van der Waals surface area contributed by atoms with Gasteiger partial charge in [0, 0.05) is 17.8 Å². The summed E-state index contributed by atoms with van der Waals surface area (Å²) in [6.45, 7) is 0. The molecule has 0 N–H and O–H groups in total. The molecule has 0 aliphatic carbocycles. The number of benzene rings is 2. The Bertz CT molecular complexity index is 1660. The molecule has 0 saturated heterocycles. The Kier molecular flexibility index (Phi) is 6.97. The van der Waals surface area contributed by atoms with Crippen molar-refractivity contribution in [2.24, 2.45) is 0 Å². The quantitative estimate of drug-likeness (QED) is 0.156. The number of carbonyl (C=O) groups excluding carboxylic acids is 1. The van der Waals surface area contributed by atoms with Crippen molar-refractivity contribution in [3.8, 4) is 22.9 Å². The summed E-state index contributed by atoms with van der Waals surface area (Å²) in [6, 6.07) is 14.9. The molecule has 0 unspecified atom stereocenters. The predicted molar refractivity (Wildman–Crippen MR) is 131 cm³/mol. The normalized spacial score (nSPS) is 11.8. The number of fused-ring (bicyclic) bond motifs is 1. The SMILES string of the molecule is O=C(ON(c1ccccn1)c1nc2c(Oc3cc(-c4ccc(C(F)(F)F)cc4)ncn3)cccc2s1)C(F)(F)F. The predicted octanol–water partition coefficient (Wildman–Crippen LogP) is 7.12. The molecule has 204 valence electrons. The van der Waals surface area contributed by atoms with Gasteiger partial charge in [0.25, 0.3) is 0 Å². The smallest absolute Gasteiger partial charge is 0.437 e. The van der Waals surface area contributed by atoms with Crippen LogP contribution in [0.5, 0.6) is 11.6 Å². The number of alkyl halides is 6. The third-order valence-corrected chi connectivity index (χ3v) is 6.16. The maximum atomic E-state index is 13.0. The van der Waals surface area contributed by atoms with Crippen molar-refractivity contribution in [2.45, 2.75) is 12.4 Å². The fourth-order valence-electron chi connectivity index (χ4n) is 3.37. The van der Waals surface area contributed by atoms with E-state index < -0.39 is 23.9 Å². The van der Waals surface area contributed by atoms with E-state index in [1.807, 2.05) is 0 Å². The van der Waals surface area contributed by atoms with Crippen LogP contribution in [0.4, 0.5) is 37.3 Å². The molecule has 0 atom stereocenters. The van der Waals surface area contributed by atoms with E-state index in [4.69, 9.17) is 4.74 Å². The second-order valence-electron chi connectivity index (χ2n) is 7.88. The monoisotopic (exact) mass is 577 g/mol. The van der Waals surface area contributed by atoms with Crippen molar-refractivity contribution in [2.75, 3.05) is 5.06 Å². The van der Waals surface area contributed by atoms with Gasteiger partial charge in [-0.1, -0.05) is 35.6 Å². The number of anilines is 2. The van der Waals surface area contributed by atoms with Crippen LogP contribution in [0.25, 0.3) is 21.5 Å². The van der Waals surface area contributed by atoms with E-state index in [-0.39, 0.29) is 33.8 Å². The number of halogens is 6. The number of nitrogens with zero attached hydrogens (tertiary/aromatic N) is 5. The molecule has 5 aromatic rings. The number of aromatic nitrogens is 4. The van der Waals surface area contributed by atoms with Crippen molar-refractivity contribution in [3.05, 3.63) is 84.8 Å². The minimum atomic E-state index is -5.27. The number of hydrogen-bond donors (Lipinski definition) is 0. The molecule has 0 aliphatic rings. The minimum absolute atomic E-state index is 0.0250. The number of carbonyl (C=O) groups is 1. The highest BCUT2D eigenvalue weighted by Crippen LogP contribution is 2.39.